The number of rotatable bonds is 16. The van der Waals surface area contributed by atoms with Gasteiger partial charge in [-0.05, 0) is 18.2 Å². The molecular weight excluding hydrogens is 298 g/mol. The summed E-state index contributed by atoms with van der Waals surface area (Å²) in [4.78, 5) is -0.807. The Balaban J connectivity index is 0. The molecule has 0 bridgehead atoms. The van der Waals surface area contributed by atoms with Crippen LogP contribution in [0.15, 0.2) is 0 Å². The fourth-order valence-electron chi connectivity index (χ4n) is 2.72. The highest BCUT2D eigenvalue weighted by Crippen LogP contribution is 2.13. The number of unbranched alkanes of at least 4 members (excludes halogenated alkanes) is 13. The first-order valence-corrected chi connectivity index (χ1v) is 9.45. The lowest BCUT2D eigenvalue weighted by Crippen LogP contribution is -3.00. The van der Waals surface area contributed by atoms with Crippen LogP contribution in [0.3, 0.4) is 0 Å². The molecule has 0 saturated carbocycles. The van der Waals surface area contributed by atoms with E-state index in [1.165, 1.54) is 77.0 Å². The molecular formula is C18H40ClNO2. The maximum atomic E-state index is 9.41. The molecule has 136 valence electrons. The van der Waals surface area contributed by atoms with Gasteiger partial charge in [0.2, 0.25) is 0 Å². The highest BCUT2D eigenvalue weighted by molar-refractivity contribution is 4.49. The first-order valence-electron chi connectivity index (χ1n) is 9.45. The standard InChI is InChI=1S/C18H40NO2.ClH/c1-3-5-6-7-8-9-10-11-12-13-14-15-16-17-18-19(20,21)4-2;/h20-21H,3-18H2,1-2H3;1H/q+1;/p-1. The van der Waals surface area contributed by atoms with Gasteiger partial charge in [-0.1, -0.05) is 84.0 Å². The minimum absolute atomic E-state index is 0. The van der Waals surface area contributed by atoms with Crippen molar-refractivity contribution in [3.63, 3.8) is 0 Å². The van der Waals surface area contributed by atoms with Crippen LogP contribution in [0.1, 0.15) is 104 Å². The van der Waals surface area contributed by atoms with E-state index in [4.69, 9.17) is 0 Å². The van der Waals surface area contributed by atoms with Gasteiger partial charge in [0.1, 0.15) is 13.1 Å². The Morgan fingerprint density at radius 3 is 1.18 bits per heavy atom. The van der Waals surface area contributed by atoms with E-state index in [1.54, 1.807) is 6.92 Å². The van der Waals surface area contributed by atoms with Crippen LogP contribution < -0.4 is 12.4 Å². The Morgan fingerprint density at radius 1 is 0.545 bits per heavy atom. The number of nitrogens with zero attached hydrogens (tertiary/aromatic N) is 1. The van der Waals surface area contributed by atoms with Crippen molar-refractivity contribution in [2.24, 2.45) is 0 Å². The number of quaternary nitrogens is 1. The number of halogens is 1. The van der Waals surface area contributed by atoms with E-state index in [-0.39, 0.29) is 12.4 Å². The van der Waals surface area contributed by atoms with Crippen molar-refractivity contribution in [2.45, 2.75) is 104 Å². The maximum absolute atomic E-state index is 9.41. The van der Waals surface area contributed by atoms with E-state index in [2.05, 4.69) is 6.92 Å². The second kappa shape index (κ2) is 17.5. The molecule has 4 heteroatoms. The summed E-state index contributed by atoms with van der Waals surface area (Å²) >= 11 is 0. The zero-order chi connectivity index (χ0) is 15.8. The fourth-order valence-corrected chi connectivity index (χ4v) is 2.72. The van der Waals surface area contributed by atoms with Crippen molar-refractivity contribution in [1.29, 1.82) is 0 Å². The van der Waals surface area contributed by atoms with Crippen molar-refractivity contribution in [2.75, 3.05) is 13.1 Å². The van der Waals surface area contributed by atoms with Crippen LogP contribution in [0.4, 0.5) is 0 Å². The number of hydroxylamine groups is 4. The van der Waals surface area contributed by atoms with Gasteiger partial charge in [0.15, 0.2) is 0 Å². The lowest BCUT2D eigenvalue weighted by atomic mass is 10.0. The average Bonchev–Trinajstić information content (AvgIpc) is 2.47. The van der Waals surface area contributed by atoms with Crippen LogP contribution in [-0.4, -0.2) is 28.3 Å². The SMILES string of the molecule is CCCCCCCCCCCCCCCC[N+](O)(O)CC.[Cl-]. The van der Waals surface area contributed by atoms with Crippen LogP contribution in [0, 0.1) is 0 Å². The third-order valence-electron chi connectivity index (χ3n) is 4.38. The van der Waals surface area contributed by atoms with Gasteiger partial charge in [0.25, 0.3) is 0 Å². The third kappa shape index (κ3) is 18.2. The molecule has 0 unspecified atom stereocenters. The molecule has 0 aromatic heterocycles. The first kappa shape index (κ1) is 24.4. The van der Waals surface area contributed by atoms with Crippen LogP contribution in [0.2, 0.25) is 0 Å². The Hall–Kier alpha value is 0.170. The molecule has 3 nitrogen and oxygen atoms in total. The van der Waals surface area contributed by atoms with Crippen molar-refractivity contribution in [3.8, 4) is 0 Å². The average molecular weight is 338 g/mol. The van der Waals surface area contributed by atoms with Crippen LogP contribution >= 0.6 is 0 Å². The van der Waals surface area contributed by atoms with Gasteiger partial charge in [0, 0.05) is 6.42 Å². The van der Waals surface area contributed by atoms with Crippen molar-refractivity contribution in [1.82, 2.24) is 0 Å². The number of hydrogen-bond acceptors (Lipinski definition) is 2. The highest BCUT2D eigenvalue weighted by Gasteiger charge is 2.17. The van der Waals surface area contributed by atoms with Crippen LogP contribution in [0.5, 0.6) is 0 Å². The van der Waals surface area contributed by atoms with Gasteiger partial charge >= 0.3 is 0 Å². The highest BCUT2D eigenvalue weighted by atomic mass is 35.5. The van der Waals surface area contributed by atoms with E-state index in [1.807, 2.05) is 0 Å². The Morgan fingerprint density at radius 2 is 0.864 bits per heavy atom. The zero-order valence-electron chi connectivity index (χ0n) is 15.0. The predicted molar refractivity (Wildman–Crippen MR) is 89.6 cm³/mol. The molecule has 0 atom stereocenters. The Kier molecular flexibility index (Phi) is 19.5. The maximum Gasteiger partial charge on any atom is 0.142 e. The van der Waals surface area contributed by atoms with Crippen molar-refractivity contribution < 1.29 is 27.6 Å². The lowest BCUT2D eigenvalue weighted by Gasteiger charge is -2.18. The first-order chi connectivity index (χ1) is 10.1. The van der Waals surface area contributed by atoms with Crippen molar-refractivity contribution >= 4 is 0 Å². The monoisotopic (exact) mass is 337 g/mol. The summed E-state index contributed by atoms with van der Waals surface area (Å²) in [6.45, 7) is 4.91. The van der Waals surface area contributed by atoms with Gasteiger partial charge in [-0.3, -0.25) is 0 Å². The quantitative estimate of drug-likeness (QED) is 0.258. The van der Waals surface area contributed by atoms with E-state index in [9.17, 15) is 10.4 Å². The summed E-state index contributed by atoms with van der Waals surface area (Å²) in [7, 11) is 0. The largest absolute Gasteiger partial charge is 1.00 e. The summed E-state index contributed by atoms with van der Waals surface area (Å²) in [5, 5.41) is 18.8. The molecule has 0 amide bonds. The third-order valence-corrected chi connectivity index (χ3v) is 4.38. The van der Waals surface area contributed by atoms with Crippen LogP contribution in [-0.2, 0) is 0 Å². The molecule has 22 heavy (non-hydrogen) atoms. The van der Waals surface area contributed by atoms with E-state index < -0.39 is 4.81 Å². The van der Waals surface area contributed by atoms with E-state index >= 15 is 0 Å². The summed E-state index contributed by atoms with van der Waals surface area (Å²) in [5.41, 5.74) is 0. The zero-order valence-corrected chi connectivity index (χ0v) is 15.8. The molecule has 0 fully saturated rings. The molecule has 0 aliphatic carbocycles. The minimum atomic E-state index is -0.807. The number of hydrogen-bond donors (Lipinski definition) is 2. The molecule has 0 aliphatic rings. The molecule has 0 saturated heterocycles. The van der Waals surface area contributed by atoms with Gasteiger partial charge < -0.3 is 12.4 Å². The summed E-state index contributed by atoms with van der Waals surface area (Å²) < 4.78 is 0. The topological polar surface area (TPSA) is 40.5 Å². The lowest BCUT2D eigenvalue weighted by molar-refractivity contribution is -1.24. The normalized spacial score (nSPS) is 11.5. The van der Waals surface area contributed by atoms with Crippen LogP contribution in [0.25, 0.3) is 0 Å². The summed E-state index contributed by atoms with van der Waals surface area (Å²) in [6.07, 6.45) is 18.6. The smallest absolute Gasteiger partial charge is 0.142 e. The molecule has 0 radical (unpaired) electrons. The minimum Gasteiger partial charge on any atom is -1.00 e. The molecule has 0 spiro atoms. The summed E-state index contributed by atoms with van der Waals surface area (Å²) in [5.74, 6) is 0. The van der Waals surface area contributed by atoms with E-state index in [0.717, 1.165) is 12.8 Å². The second-order valence-electron chi connectivity index (χ2n) is 6.51. The Bertz CT molecular complexity index is 213. The van der Waals surface area contributed by atoms with E-state index in [0.29, 0.717) is 13.1 Å². The Labute approximate surface area is 145 Å². The fraction of sp³-hybridized carbons (Fsp3) is 1.00. The summed E-state index contributed by atoms with van der Waals surface area (Å²) in [6, 6.07) is 0. The second-order valence-corrected chi connectivity index (χ2v) is 6.51. The van der Waals surface area contributed by atoms with Gasteiger partial charge in [0.05, 0.1) is 0 Å². The van der Waals surface area contributed by atoms with Gasteiger partial charge in [-0.25, -0.2) is 0 Å². The van der Waals surface area contributed by atoms with Crippen molar-refractivity contribution in [3.05, 3.63) is 0 Å². The molecule has 0 rings (SSSR count). The molecule has 2 N–H and O–H groups in total. The van der Waals surface area contributed by atoms with Gasteiger partial charge in [-0.15, -0.1) is 0 Å². The molecule has 0 heterocycles. The predicted octanol–water partition coefficient (Wildman–Crippen LogP) is 3.09. The van der Waals surface area contributed by atoms with Gasteiger partial charge in [-0.2, -0.15) is 10.4 Å². The molecule has 0 aromatic rings. The molecule has 0 aliphatic heterocycles. The molecule has 0 aromatic carbocycles.